The summed E-state index contributed by atoms with van der Waals surface area (Å²) in [4.78, 5) is 11.5. The molecule has 0 spiro atoms. The smallest absolute Gasteiger partial charge is 0.256 e. The van der Waals surface area contributed by atoms with Crippen molar-refractivity contribution in [2.24, 2.45) is 5.92 Å². The van der Waals surface area contributed by atoms with E-state index in [1.807, 2.05) is 0 Å². The number of carbonyl (C=O) groups excluding carboxylic acids is 1. The fraction of sp³-hybridized carbons (Fsp3) is 0.444. The second-order valence-electron chi connectivity index (χ2n) is 3.40. The third-order valence-electron chi connectivity index (χ3n) is 2.29. The highest BCUT2D eigenvalue weighted by Crippen LogP contribution is 2.29. The minimum absolute atomic E-state index is 0.145. The topological polar surface area (TPSA) is 42.2 Å². The molecule has 0 aromatic carbocycles. The molecular formula is C9H10ClNO2. The highest BCUT2D eigenvalue weighted by molar-refractivity contribution is 6.32. The Bertz CT molecular complexity index is 334. The Morgan fingerprint density at radius 1 is 1.77 bits per heavy atom. The van der Waals surface area contributed by atoms with Crippen molar-refractivity contribution < 1.29 is 9.21 Å². The van der Waals surface area contributed by atoms with E-state index in [4.69, 9.17) is 16.0 Å². The maximum Gasteiger partial charge on any atom is 0.256 e. The Hall–Kier alpha value is -0.960. The average molecular weight is 200 g/mol. The van der Waals surface area contributed by atoms with Crippen molar-refractivity contribution >= 4 is 17.5 Å². The van der Waals surface area contributed by atoms with Crippen LogP contribution in [-0.2, 0) is 0 Å². The highest BCUT2D eigenvalue weighted by Gasteiger charge is 2.34. The quantitative estimate of drug-likeness (QED) is 0.793. The molecule has 70 valence electrons. The van der Waals surface area contributed by atoms with Crippen molar-refractivity contribution in [3.63, 3.8) is 0 Å². The Labute approximate surface area is 81.1 Å². The summed E-state index contributed by atoms with van der Waals surface area (Å²) in [5.74, 6) is 0.447. The zero-order valence-electron chi connectivity index (χ0n) is 7.21. The summed E-state index contributed by atoms with van der Waals surface area (Å²) in [5.41, 5.74) is 0.417. The van der Waals surface area contributed by atoms with Crippen molar-refractivity contribution in [1.82, 2.24) is 5.32 Å². The first-order valence-corrected chi connectivity index (χ1v) is 4.60. The molecule has 1 aromatic heterocycles. The van der Waals surface area contributed by atoms with Gasteiger partial charge in [-0.3, -0.25) is 4.79 Å². The fourth-order valence-electron chi connectivity index (χ4n) is 1.23. The van der Waals surface area contributed by atoms with Gasteiger partial charge < -0.3 is 9.73 Å². The van der Waals surface area contributed by atoms with E-state index in [0.717, 1.165) is 6.42 Å². The van der Waals surface area contributed by atoms with Crippen LogP contribution in [0, 0.1) is 5.92 Å². The van der Waals surface area contributed by atoms with Crippen molar-refractivity contribution in [3.05, 3.63) is 23.1 Å². The van der Waals surface area contributed by atoms with Crippen molar-refractivity contribution in [2.75, 3.05) is 0 Å². The molecule has 2 atom stereocenters. The summed E-state index contributed by atoms with van der Waals surface area (Å²) in [6, 6.07) is 1.89. The van der Waals surface area contributed by atoms with Gasteiger partial charge in [-0.15, -0.1) is 0 Å². The number of furan rings is 1. The van der Waals surface area contributed by atoms with Crippen molar-refractivity contribution in [3.8, 4) is 0 Å². The van der Waals surface area contributed by atoms with Crippen LogP contribution in [0.15, 0.2) is 16.7 Å². The largest absolute Gasteiger partial charge is 0.452 e. The number of hydrogen-bond acceptors (Lipinski definition) is 2. The summed E-state index contributed by atoms with van der Waals surface area (Å²) in [5, 5.41) is 3.02. The van der Waals surface area contributed by atoms with Gasteiger partial charge in [0, 0.05) is 6.04 Å². The molecular weight excluding hydrogens is 190 g/mol. The van der Waals surface area contributed by atoms with E-state index >= 15 is 0 Å². The third kappa shape index (κ3) is 1.70. The predicted molar refractivity (Wildman–Crippen MR) is 48.8 cm³/mol. The first kappa shape index (κ1) is 8.63. The summed E-state index contributed by atoms with van der Waals surface area (Å²) in [7, 11) is 0. The Kier molecular flexibility index (Phi) is 2.04. The summed E-state index contributed by atoms with van der Waals surface area (Å²) >= 11 is 5.65. The molecule has 0 aliphatic heterocycles. The zero-order valence-corrected chi connectivity index (χ0v) is 7.97. The van der Waals surface area contributed by atoms with Crippen molar-refractivity contribution in [2.45, 2.75) is 19.4 Å². The van der Waals surface area contributed by atoms with Gasteiger partial charge in [0.25, 0.3) is 5.91 Å². The lowest BCUT2D eigenvalue weighted by Crippen LogP contribution is -2.26. The van der Waals surface area contributed by atoms with Crippen LogP contribution >= 0.6 is 11.6 Å². The number of carbonyl (C=O) groups is 1. The number of amides is 1. The van der Waals surface area contributed by atoms with Gasteiger partial charge in [0.2, 0.25) is 5.22 Å². The SMILES string of the molecule is CC1CC1NC(=O)c1ccoc1Cl. The molecule has 1 aliphatic carbocycles. The number of rotatable bonds is 2. The molecule has 1 N–H and O–H groups in total. The molecule has 2 rings (SSSR count). The molecule has 1 aromatic rings. The minimum atomic E-state index is -0.145. The minimum Gasteiger partial charge on any atom is -0.452 e. The van der Waals surface area contributed by atoms with E-state index < -0.39 is 0 Å². The molecule has 2 unspecified atom stereocenters. The zero-order chi connectivity index (χ0) is 9.42. The van der Waals surface area contributed by atoms with Gasteiger partial charge in [-0.2, -0.15) is 0 Å². The first-order chi connectivity index (χ1) is 6.18. The van der Waals surface area contributed by atoms with Crippen LogP contribution in [0.1, 0.15) is 23.7 Å². The van der Waals surface area contributed by atoms with Crippen LogP contribution < -0.4 is 5.32 Å². The van der Waals surface area contributed by atoms with Crippen LogP contribution in [0.25, 0.3) is 0 Å². The maximum absolute atomic E-state index is 11.5. The fourth-order valence-corrected chi connectivity index (χ4v) is 1.43. The number of hydrogen-bond donors (Lipinski definition) is 1. The first-order valence-electron chi connectivity index (χ1n) is 4.22. The molecule has 0 saturated heterocycles. The Morgan fingerprint density at radius 3 is 2.92 bits per heavy atom. The van der Waals surface area contributed by atoms with E-state index in [2.05, 4.69) is 12.2 Å². The second-order valence-corrected chi connectivity index (χ2v) is 3.74. The maximum atomic E-state index is 11.5. The van der Waals surface area contributed by atoms with Crippen LogP contribution in [-0.4, -0.2) is 11.9 Å². The van der Waals surface area contributed by atoms with Crippen LogP contribution in [0.2, 0.25) is 5.22 Å². The highest BCUT2D eigenvalue weighted by atomic mass is 35.5. The molecule has 1 saturated carbocycles. The van der Waals surface area contributed by atoms with Gasteiger partial charge in [0.1, 0.15) is 0 Å². The van der Waals surface area contributed by atoms with Gasteiger partial charge in [-0.1, -0.05) is 6.92 Å². The van der Waals surface area contributed by atoms with E-state index in [9.17, 15) is 4.79 Å². The monoisotopic (exact) mass is 199 g/mol. The molecule has 1 amide bonds. The average Bonchev–Trinajstić information content (AvgIpc) is 2.62. The third-order valence-corrected chi connectivity index (χ3v) is 2.58. The van der Waals surface area contributed by atoms with Crippen LogP contribution in [0.4, 0.5) is 0 Å². The van der Waals surface area contributed by atoms with Crippen molar-refractivity contribution in [1.29, 1.82) is 0 Å². The lowest BCUT2D eigenvalue weighted by Gasteiger charge is -2.00. The molecule has 13 heavy (non-hydrogen) atoms. The molecule has 0 bridgehead atoms. The summed E-state index contributed by atoms with van der Waals surface area (Å²) in [6.07, 6.45) is 2.47. The standard InChI is InChI=1S/C9H10ClNO2/c1-5-4-7(5)11-9(12)6-2-3-13-8(6)10/h2-3,5,7H,4H2,1H3,(H,11,12). The van der Waals surface area contributed by atoms with Gasteiger partial charge in [0.15, 0.2) is 0 Å². The van der Waals surface area contributed by atoms with Crippen LogP contribution in [0.5, 0.6) is 0 Å². The number of nitrogens with one attached hydrogen (secondary N) is 1. The molecule has 1 heterocycles. The number of halogens is 1. The summed E-state index contributed by atoms with van der Waals surface area (Å²) in [6.45, 7) is 2.10. The van der Waals surface area contributed by atoms with Gasteiger partial charge in [-0.25, -0.2) is 0 Å². The molecule has 1 aliphatic rings. The Balaban J connectivity index is 2.01. The molecule has 1 fully saturated rings. The molecule has 0 radical (unpaired) electrons. The summed E-state index contributed by atoms with van der Waals surface area (Å²) < 4.78 is 4.82. The normalized spacial score (nSPS) is 25.7. The second kappa shape index (κ2) is 3.07. The lowest BCUT2D eigenvalue weighted by atomic mass is 10.3. The van der Waals surface area contributed by atoms with E-state index in [0.29, 0.717) is 17.5 Å². The van der Waals surface area contributed by atoms with Gasteiger partial charge in [-0.05, 0) is 30.0 Å². The Morgan fingerprint density at radius 2 is 2.46 bits per heavy atom. The molecule has 3 nitrogen and oxygen atoms in total. The van der Waals surface area contributed by atoms with E-state index in [-0.39, 0.29) is 11.1 Å². The van der Waals surface area contributed by atoms with Gasteiger partial charge in [0.05, 0.1) is 11.8 Å². The van der Waals surface area contributed by atoms with Crippen LogP contribution in [0.3, 0.4) is 0 Å². The molecule has 4 heteroatoms. The lowest BCUT2D eigenvalue weighted by molar-refractivity contribution is 0.0949. The van der Waals surface area contributed by atoms with E-state index in [1.54, 1.807) is 6.07 Å². The van der Waals surface area contributed by atoms with E-state index in [1.165, 1.54) is 6.26 Å². The predicted octanol–water partition coefficient (Wildman–Crippen LogP) is 2.07. The van der Waals surface area contributed by atoms with Gasteiger partial charge >= 0.3 is 0 Å².